The number of aromatic hydroxyl groups is 1. The van der Waals surface area contributed by atoms with Crippen LogP contribution in [-0.2, 0) is 4.74 Å². The van der Waals surface area contributed by atoms with Gasteiger partial charge in [0, 0.05) is 5.56 Å². The van der Waals surface area contributed by atoms with Crippen LogP contribution in [0.15, 0.2) is 30.3 Å². The highest BCUT2D eigenvalue weighted by atomic mass is 16.5. The fourth-order valence-corrected chi connectivity index (χ4v) is 2.54. The van der Waals surface area contributed by atoms with E-state index in [0.29, 0.717) is 23.3 Å². The zero-order valence-corrected chi connectivity index (χ0v) is 15.1. The summed E-state index contributed by atoms with van der Waals surface area (Å²) in [5.41, 5.74) is 0.356. The molecule has 27 heavy (non-hydrogen) atoms. The Balaban J connectivity index is 2.26. The predicted molar refractivity (Wildman–Crippen MR) is 94.8 cm³/mol. The van der Waals surface area contributed by atoms with Crippen molar-refractivity contribution in [3.63, 3.8) is 0 Å². The Labute approximate surface area is 155 Å². The second kappa shape index (κ2) is 8.91. The average molecular weight is 376 g/mol. The number of ether oxygens (including phenoxy) is 4. The van der Waals surface area contributed by atoms with Crippen LogP contribution in [0.25, 0.3) is 0 Å². The molecule has 8 heteroatoms. The van der Waals surface area contributed by atoms with E-state index in [2.05, 4.69) is 4.74 Å². The van der Waals surface area contributed by atoms with E-state index < -0.39 is 17.8 Å². The molecule has 0 aliphatic heterocycles. The summed E-state index contributed by atoms with van der Waals surface area (Å²) in [6.45, 7) is -0.282. The molecular formula is C19H20O8. The van der Waals surface area contributed by atoms with E-state index in [4.69, 9.17) is 14.2 Å². The summed E-state index contributed by atoms with van der Waals surface area (Å²) in [6, 6.07) is 7.34. The zero-order valence-electron chi connectivity index (χ0n) is 15.1. The topological polar surface area (TPSA) is 112 Å². The van der Waals surface area contributed by atoms with Gasteiger partial charge in [-0.1, -0.05) is 12.1 Å². The number of benzene rings is 2. The lowest BCUT2D eigenvalue weighted by Gasteiger charge is -2.18. The quantitative estimate of drug-likeness (QED) is 0.532. The Hall–Kier alpha value is -3.26. The average Bonchev–Trinajstić information content (AvgIpc) is 2.70. The summed E-state index contributed by atoms with van der Waals surface area (Å²) in [5.74, 6) is -0.505. The minimum absolute atomic E-state index is 0.000497. The van der Waals surface area contributed by atoms with Gasteiger partial charge in [-0.3, -0.25) is 4.79 Å². The van der Waals surface area contributed by atoms with E-state index in [1.807, 2.05) is 0 Å². The number of aldehydes is 1. The van der Waals surface area contributed by atoms with Crippen molar-refractivity contribution in [2.45, 2.75) is 6.10 Å². The maximum Gasteiger partial charge on any atom is 0.338 e. The third-order valence-corrected chi connectivity index (χ3v) is 3.82. The first-order valence-electron chi connectivity index (χ1n) is 7.89. The van der Waals surface area contributed by atoms with E-state index in [0.717, 1.165) is 6.07 Å². The molecular weight excluding hydrogens is 356 g/mol. The van der Waals surface area contributed by atoms with Gasteiger partial charge in [0.15, 0.2) is 29.3 Å². The molecule has 0 saturated carbocycles. The monoisotopic (exact) mass is 376 g/mol. The highest BCUT2D eigenvalue weighted by Crippen LogP contribution is 2.36. The molecule has 0 fully saturated rings. The van der Waals surface area contributed by atoms with Crippen LogP contribution in [-0.4, -0.2) is 50.4 Å². The molecule has 0 amide bonds. The van der Waals surface area contributed by atoms with E-state index >= 15 is 0 Å². The fraction of sp³-hybridized carbons (Fsp3) is 0.263. The normalized spacial score (nSPS) is 11.4. The molecule has 0 aliphatic rings. The molecule has 0 radical (unpaired) electrons. The van der Waals surface area contributed by atoms with Crippen molar-refractivity contribution in [1.29, 1.82) is 0 Å². The summed E-state index contributed by atoms with van der Waals surface area (Å²) >= 11 is 0. The molecule has 0 spiro atoms. The molecule has 2 aromatic rings. The van der Waals surface area contributed by atoms with Gasteiger partial charge in [0.25, 0.3) is 0 Å². The number of phenols is 1. The van der Waals surface area contributed by atoms with Gasteiger partial charge in [-0.2, -0.15) is 0 Å². The summed E-state index contributed by atoms with van der Waals surface area (Å²) in [6.07, 6.45) is -0.700. The number of methoxy groups -OCH3 is 3. The van der Waals surface area contributed by atoms with Crippen LogP contribution < -0.4 is 14.2 Å². The lowest BCUT2D eigenvalue weighted by Crippen LogP contribution is -2.13. The number of hydrogen-bond donors (Lipinski definition) is 2. The van der Waals surface area contributed by atoms with Gasteiger partial charge < -0.3 is 29.2 Å². The zero-order chi connectivity index (χ0) is 20.0. The summed E-state index contributed by atoms with van der Waals surface area (Å²) in [7, 11) is 4.10. The Bertz CT molecular complexity index is 831. The van der Waals surface area contributed by atoms with Crippen molar-refractivity contribution in [1.82, 2.24) is 0 Å². The highest BCUT2D eigenvalue weighted by Gasteiger charge is 2.20. The van der Waals surface area contributed by atoms with Gasteiger partial charge in [0.2, 0.25) is 0 Å². The Morgan fingerprint density at radius 1 is 1.15 bits per heavy atom. The molecule has 0 bridgehead atoms. The molecule has 8 nitrogen and oxygen atoms in total. The van der Waals surface area contributed by atoms with Gasteiger partial charge >= 0.3 is 5.97 Å². The van der Waals surface area contributed by atoms with Crippen LogP contribution in [0.4, 0.5) is 0 Å². The molecule has 0 heterocycles. The number of carbonyl (C=O) groups is 2. The molecule has 0 aromatic heterocycles. The number of carbonyl (C=O) groups excluding carboxylic acids is 2. The number of hydrogen-bond acceptors (Lipinski definition) is 8. The van der Waals surface area contributed by atoms with Crippen LogP contribution in [0.3, 0.4) is 0 Å². The second-order valence-electron chi connectivity index (χ2n) is 5.43. The third kappa shape index (κ3) is 4.29. The third-order valence-electron chi connectivity index (χ3n) is 3.82. The Morgan fingerprint density at radius 2 is 1.89 bits per heavy atom. The largest absolute Gasteiger partial charge is 0.504 e. The predicted octanol–water partition coefficient (Wildman–Crippen LogP) is 2.12. The van der Waals surface area contributed by atoms with E-state index in [9.17, 15) is 19.8 Å². The lowest BCUT2D eigenvalue weighted by molar-refractivity contribution is 0.0599. The van der Waals surface area contributed by atoms with Crippen LogP contribution in [0, 0.1) is 0 Å². The minimum atomic E-state index is -1.13. The number of esters is 1. The molecule has 1 atom stereocenters. The standard InChI is InChI=1S/C19H20O8/c1-24-16-6-4-5-13(18(16)25-2)15(22)10-27-17-12(9-20)7-11(8-14(17)21)19(23)26-3/h4-9,15,21-22H,10H2,1-3H3. The van der Waals surface area contributed by atoms with E-state index in [1.165, 1.54) is 27.4 Å². The van der Waals surface area contributed by atoms with Gasteiger partial charge in [-0.15, -0.1) is 0 Å². The van der Waals surface area contributed by atoms with E-state index in [1.54, 1.807) is 18.2 Å². The smallest absolute Gasteiger partial charge is 0.338 e. The maximum atomic E-state index is 11.6. The first-order chi connectivity index (χ1) is 13.0. The molecule has 2 rings (SSSR count). The SMILES string of the molecule is COC(=O)c1cc(O)c(OCC(O)c2cccc(OC)c2OC)c(C=O)c1. The minimum Gasteiger partial charge on any atom is -0.504 e. The van der Waals surface area contributed by atoms with Crippen molar-refractivity contribution in [3.05, 3.63) is 47.0 Å². The summed E-state index contributed by atoms with van der Waals surface area (Å²) in [4.78, 5) is 22.9. The van der Waals surface area contributed by atoms with Crippen LogP contribution in [0.2, 0.25) is 0 Å². The van der Waals surface area contributed by atoms with Crippen LogP contribution >= 0.6 is 0 Å². The van der Waals surface area contributed by atoms with Gasteiger partial charge in [0.1, 0.15) is 12.7 Å². The van der Waals surface area contributed by atoms with Gasteiger partial charge in [-0.05, 0) is 18.2 Å². The molecule has 1 unspecified atom stereocenters. The molecule has 144 valence electrons. The first kappa shape index (κ1) is 20.1. The summed E-state index contributed by atoms with van der Waals surface area (Å²) in [5, 5.41) is 20.5. The highest BCUT2D eigenvalue weighted by molar-refractivity contribution is 5.93. The molecule has 0 saturated heterocycles. The number of rotatable bonds is 8. The van der Waals surface area contributed by atoms with Crippen molar-refractivity contribution in [2.24, 2.45) is 0 Å². The maximum absolute atomic E-state index is 11.6. The van der Waals surface area contributed by atoms with Crippen molar-refractivity contribution >= 4 is 12.3 Å². The number of aliphatic hydroxyl groups excluding tert-OH is 1. The number of aliphatic hydroxyl groups is 1. The van der Waals surface area contributed by atoms with Crippen molar-refractivity contribution < 1.29 is 38.7 Å². The summed E-state index contributed by atoms with van der Waals surface area (Å²) < 4.78 is 20.4. The van der Waals surface area contributed by atoms with Crippen LogP contribution in [0.1, 0.15) is 32.4 Å². The Kier molecular flexibility index (Phi) is 6.62. The Morgan fingerprint density at radius 3 is 2.48 bits per heavy atom. The van der Waals surface area contributed by atoms with Gasteiger partial charge in [-0.25, -0.2) is 4.79 Å². The van der Waals surface area contributed by atoms with E-state index in [-0.39, 0.29) is 23.5 Å². The second-order valence-corrected chi connectivity index (χ2v) is 5.43. The molecule has 2 N–H and O–H groups in total. The molecule has 2 aromatic carbocycles. The first-order valence-corrected chi connectivity index (χ1v) is 7.89. The van der Waals surface area contributed by atoms with Gasteiger partial charge in [0.05, 0.1) is 32.5 Å². The number of phenolic OH excluding ortho intramolecular Hbond substituents is 1. The van der Waals surface area contributed by atoms with Crippen molar-refractivity contribution in [3.8, 4) is 23.0 Å². The lowest BCUT2D eigenvalue weighted by atomic mass is 10.1. The van der Waals surface area contributed by atoms with Crippen LogP contribution in [0.5, 0.6) is 23.0 Å². The van der Waals surface area contributed by atoms with Crippen molar-refractivity contribution in [2.75, 3.05) is 27.9 Å². The fourth-order valence-electron chi connectivity index (χ4n) is 2.54. The molecule has 0 aliphatic carbocycles. The number of para-hydroxylation sites is 1.